The van der Waals surface area contributed by atoms with Crippen LogP contribution in [-0.2, 0) is 13.1 Å². The molecule has 0 bridgehead atoms. The van der Waals surface area contributed by atoms with Crippen molar-refractivity contribution >= 4 is 5.84 Å². The number of hydrogen-bond donors (Lipinski definition) is 2. The van der Waals surface area contributed by atoms with Gasteiger partial charge in [0.15, 0.2) is 0 Å². The fraction of sp³-hybridized carbons (Fsp3) is 0.188. The molecule has 21 heavy (non-hydrogen) atoms. The molecule has 0 aliphatic rings. The van der Waals surface area contributed by atoms with Gasteiger partial charge in [-0.3, -0.25) is 10.3 Å². The van der Waals surface area contributed by atoms with Gasteiger partial charge in [0, 0.05) is 18.7 Å². The molecule has 0 saturated heterocycles. The van der Waals surface area contributed by atoms with E-state index in [9.17, 15) is 8.78 Å². The van der Waals surface area contributed by atoms with Crippen molar-refractivity contribution in [1.29, 1.82) is 5.41 Å². The first-order valence-corrected chi connectivity index (χ1v) is 6.51. The van der Waals surface area contributed by atoms with E-state index >= 15 is 0 Å². The highest BCUT2D eigenvalue weighted by molar-refractivity contribution is 5.96. The molecule has 0 atom stereocenters. The topological polar surface area (TPSA) is 53.1 Å². The van der Waals surface area contributed by atoms with Gasteiger partial charge in [0.25, 0.3) is 0 Å². The van der Waals surface area contributed by atoms with Gasteiger partial charge in [0.1, 0.15) is 17.5 Å². The molecule has 110 valence electrons. The second-order valence-electron chi connectivity index (χ2n) is 5.02. The van der Waals surface area contributed by atoms with Gasteiger partial charge in [-0.2, -0.15) is 0 Å². The van der Waals surface area contributed by atoms with Crippen LogP contribution in [0.3, 0.4) is 0 Å². The van der Waals surface area contributed by atoms with Gasteiger partial charge in [-0.15, -0.1) is 0 Å². The van der Waals surface area contributed by atoms with Gasteiger partial charge in [0.05, 0.1) is 0 Å². The molecule has 3 nitrogen and oxygen atoms in total. The summed E-state index contributed by atoms with van der Waals surface area (Å²) in [5, 5.41) is 7.51. The van der Waals surface area contributed by atoms with E-state index < -0.39 is 5.82 Å². The van der Waals surface area contributed by atoms with Crippen LogP contribution in [0.1, 0.15) is 16.7 Å². The van der Waals surface area contributed by atoms with E-state index in [2.05, 4.69) is 0 Å². The average molecular weight is 289 g/mol. The Labute approximate surface area is 122 Å². The van der Waals surface area contributed by atoms with Crippen LogP contribution >= 0.6 is 0 Å². The van der Waals surface area contributed by atoms with Crippen molar-refractivity contribution in [2.45, 2.75) is 13.1 Å². The maximum Gasteiger partial charge on any atom is 0.123 e. The smallest absolute Gasteiger partial charge is 0.123 e. The van der Waals surface area contributed by atoms with Crippen molar-refractivity contribution in [3.63, 3.8) is 0 Å². The second kappa shape index (κ2) is 6.45. The number of amidine groups is 1. The molecule has 0 fully saturated rings. The molecule has 0 aliphatic carbocycles. The summed E-state index contributed by atoms with van der Waals surface area (Å²) in [6.45, 7) is 1.04. The first-order chi connectivity index (χ1) is 9.95. The molecule has 0 spiro atoms. The lowest BCUT2D eigenvalue weighted by molar-refractivity contribution is 0.318. The highest BCUT2D eigenvalue weighted by Gasteiger charge is 2.10. The lowest BCUT2D eigenvalue weighted by atomic mass is 10.1. The summed E-state index contributed by atoms with van der Waals surface area (Å²) in [7, 11) is 1.87. The lowest BCUT2D eigenvalue weighted by Gasteiger charge is -2.19. The van der Waals surface area contributed by atoms with E-state index in [1.54, 1.807) is 12.1 Å². The number of nitrogens with zero attached hydrogens (tertiary/aromatic N) is 1. The molecule has 0 aliphatic heterocycles. The summed E-state index contributed by atoms with van der Waals surface area (Å²) < 4.78 is 26.4. The van der Waals surface area contributed by atoms with Crippen LogP contribution in [-0.4, -0.2) is 17.8 Å². The van der Waals surface area contributed by atoms with Crippen molar-refractivity contribution < 1.29 is 8.78 Å². The summed E-state index contributed by atoms with van der Waals surface area (Å²) in [5.41, 5.74) is 7.49. The number of nitrogens with one attached hydrogen (secondary N) is 1. The number of hydrogen-bond acceptors (Lipinski definition) is 2. The molecule has 0 aromatic heterocycles. The summed E-state index contributed by atoms with van der Waals surface area (Å²) in [5.74, 6) is -0.854. The molecule has 0 amide bonds. The number of nitrogen functional groups attached to an aromatic ring is 1. The lowest BCUT2D eigenvalue weighted by Crippen LogP contribution is -2.21. The van der Waals surface area contributed by atoms with Crippen LogP contribution < -0.4 is 5.73 Å². The molecule has 5 heteroatoms. The van der Waals surface area contributed by atoms with Gasteiger partial charge >= 0.3 is 0 Å². The summed E-state index contributed by atoms with van der Waals surface area (Å²) in [6.07, 6.45) is 0. The Morgan fingerprint density at radius 1 is 1.10 bits per heavy atom. The van der Waals surface area contributed by atoms with Crippen molar-refractivity contribution in [2.24, 2.45) is 5.73 Å². The normalized spacial score (nSPS) is 10.9. The van der Waals surface area contributed by atoms with Crippen LogP contribution in [0.25, 0.3) is 0 Å². The van der Waals surface area contributed by atoms with Gasteiger partial charge in [-0.1, -0.05) is 18.2 Å². The van der Waals surface area contributed by atoms with Crippen LogP contribution in [0.2, 0.25) is 0 Å². The SMILES string of the molecule is CN(Cc1cccc(F)c1)Cc1ccc(F)cc1C(=N)N. The molecular weight excluding hydrogens is 272 g/mol. The molecular formula is C16H17F2N3. The Kier molecular flexibility index (Phi) is 4.65. The maximum absolute atomic E-state index is 13.2. The number of benzene rings is 2. The summed E-state index contributed by atoms with van der Waals surface area (Å²) >= 11 is 0. The van der Waals surface area contributed by atoms with Crippen molar-refractivity contribution in [3.8, 4) is 0 Å². The minimum atomic E-state index is -0.420. The van der Waals surface area contributed by atoms with Crippen LogP contribution in [0.4, 0.5) is 8.78 Å². The minimum absolute atomic E-state index is 0.163. The van der Waals surface area contributed by atoms with Crippen molar-refractivity contribution in [3.05, 3.63) is 70.8 Å². The first-order valence-electron chi connectivity index (χ1n) is 6.51. The average Bonchev–Trinajstić information content (AvgIpc) is 2.40. The van der Waals surface area contributed by atoms with E-state index in [0.29, 0.717) is 18.7 Å². The molecule has 2 aromatic rings. The van der Waals surface area contributed by atoms with Crippen molar-refractivity contribution in [2.75, 3.05) is 7.05 Å². The number of rotatable bonds is 5. The van der Waals surface area contributed by atoms with Crippen LogP contribution in [0, 0.1) is 17.0 Å². The maximum atomic E-state index is 13.2. The minimum Gasteiger partial charge on any atom is -0.384 e. The van der Waals surface area contributed by atoms with Crippen LogP contribution in [0.5, 0.6) is 0 Å². The molecule has 2 aromatic carbocycles. The van der Waals surface area contributed by atoms with Crippen molar-refractivity contribution in [1.82, 2.24) is 4.90 Å². The zero-order valence-electron chi connectivity index (χ0n) is 11.7. The standard InChI is InChI=1S/C16H17F2N3/c1-21(9-11-3-2-4-13(17)7-11)10-12-5-6-14(18)8-15(12)16(19)20/h2-8H,9-10H2,1H3,(H3,19,20). The second-order valence-corrected chi connectivity index (χ2v) is 5.02. The van der Waals surface area contributed by atoms with Gasteiger partial charge < -0.3 is 5.73 Å². The zero-order valence-corrected chi connectivity index (χ0v) is 11.7. The predicted octanol–water partition coefficient (Wildman–Crippen LogP) is 2.88. The Morgan fingerprint density at radius 3 is 2.48 bits per heavy atom. The fourth-order valence-electron chi connectivity index (χ4n) is 2.23. The Bertz CT molecular complexity index is 656. The third-order valence-electron chi connectivity index (χ3n) is 3.14. The van der Waals surface area contributed by atoms with E-state index in [1.165, 1.54) is 24.3 Å². The highest BCUT2D eigenvalue weighted by atomic mass is 19.1. The van der Waals surface area contributed by atoms with E-state index in [1.807, 2.05) is 18.0 Å². The van der Waals surface area contributed by atoms with Gasteiger partial charge in [0.2, 0.25) is 0 Å². The quantitative estimate of drug-likeness (QED) is 0.657. The summed E-state index contributed by atoms with van der Waals surface area (Å²) in [4.78, 5) is 1.95. The van der Waals surface area contributed by atoms with E-state index in [4.69, 9.17) is 11.1 Å². The van der Waals surface area contributed by atoms with Gasteiger partial charge in [-0.05, 0) is 42.4 Å². The van der Waals surface area contributed by atoms with Crippen LogP contribution in [0.15, 0.2) is 42.5 Å². The largest absolute Gasteiger partial charge is 0.384 e. The number of nitrogens with two attached hydrogens (primary N) is 1. The molecule has 3 N–H and O–H groups in total. The Hall–Kier alpha value is -2.27. The Morgan fingerprint density at radius 2 is 1.81 bits per heavy atom. The zero-order chi connectivity index (χ0) is 15.4. The highest BCUT2D eigenvalue weighted by Crippen LogP contribution is 2.15. The van der Waals surface area contributed by atoms with Gasteiger partial charge in [-0.25, -0.2) is 8.78 Å². The predicted molar refractivity (Wildman–Crippen MR) is 79.0 cm³/mol. The van der Waals surface area contributed by atoms with E-state index in [0.717, 1.165) is 11.1 Å². The molecule has 0 saturated carbocycles. The molecule has 0 unspecified atom stereocenters. The van der Waals surface area contributed by atoms with E-state index in [-0.39, 0.29) is 11.7 Å². The fourth-order valence-corrected chi connectivity index (χ4v) is 2.23. The third-order valence-corrected chi connectivity index (χ3v) is 3.14. The molecule has 0 radical (unpaired) electrons. The summed E-state index contributed by atoms with van der Waals surface area (Å²) in [6, 6.07) is 10.6. The monoisotopic (exact) mass is 289 g/mol. The third kappa shape index (κ3) is 4.10. The Balaban J connectivity index is 2.12. The molecule has 2 rings (SSSR count). The molecule has 0 heterocycles. The number of halogens is 2. The first kappa shape index (κ1) is 15.1.